The third-order valence-corrected chi connectivity index (χ3v) is 3.47. The summed E-state index contributed by atoms with van der Waals surface area (Å²) < 4.78 is 43.9. The normalized spacial score (nSPS) is 15.1. The molecule has 1 aliphatic heterocycles. The Balaban J connectivity index is 2.34. The van der Waals surface area contributed by atoms with Crippen LogP contribution in [0.3, 0.4) is 0 Å². The lowest BCUT2D eigenvalue weighted by Gasteiger charge is -2.33. The third-order valence-electron chi connectivity index (χ3n) is 2.98. The van der Waals surface area contributed by atoms with Gasteiger partial charge in [0, 0.05) is 18.7 Å². The van der Waals surface area contributed by atoms with Crippen LogP contribution < -0.4 is 4.74 Å². The molecule has 1 aromatic rings. The molecule has 2 rings (SSSR count). The summed E-state index contributed by atoms with van der Waals surface area (Å²) in [4.78, 5) is 2.37. The zero-order valence-electron chi connectivity index (χ0n) is 10.5. The van der Waals surface area contributed by atoms with E-state index in [2.05, 4.69) is 0 Å². The molecule has 1 heterocycles. The van der Waals surface area contributed by atoms with Crippen LogP contribution in [-0.2, 0) is 6.18 Å². The van der Waals surface area contributed by atoms with Crippen LogP contribution >= 0.6 is 12.2 Å². The van der Waals surface area contributed by atoms with Crippen LogP contribution in [0.25, 0.3) is 0 Å². The fourth-order valence-corrected chi connectivity index (χ4v) is 2.18. The second kappa shape index (κ2) is 5.36. The summed E-state index contributed by atoms with van der Waals surface area (Å²) >= 11 is 5.20. The first-order chi connectivity index (χ1) is 8.93. The Morgan fingerprint density at radius 2 is 2.05 bits per heavy atom. The Kier molecular flexibility index (Phi) is 3.99. The molecule has 0 unspecified atom stereocenters. The van der Waals surface area contributed by atoms with Crippen LogP contribution in [0.4, 0.5) is 13.2 Å². The van der Waals surface area contributed by atoms with Crippen molar-refractivity contribution in [1.29, 1.82) is 0 Å². The van der Waals surface area contributed by atoms with E-state index >= 15 is 0 Å². The standard InChI is InChI=1S/C13H14F3NOS/c1-2-18-11-5-4-9(8-10(11)13(14,15)16)12(19)17-6-3-7-17/h4-5,8H,2-3,6-7H2,1H3. The lowest BCUT2D eigenvalue weighted by molar-refractivity contribution is -0.138. The zero-order valence-corrected chi connectivity index (χ0v) is 11.3. The number of thiocarbonyl (C=S) groups is 1. The molecule has 19 heavy (non-hydrogen) atoms. The summed E-state index contributed by atoms with van der Waals surface area (Å²) in [6.45, 7) is 3.47. The van der Waals surface area contributed by atoms with E-state index in [9.17, 15) is 13.2 Å². The Hall–Kier alpha value is -1.30. The van der Waals surface area contributed by atoms with E-state index in [4.69, 9.17) is 17.0 Å². The highest BCUT2D eigenvalue weighted by molar-refractivity contribution is 7.80. The van der Waals surface area contributed by atoms with Crippen LogP contribution in [0.2, 0.25) is 0 Å². The van der Waals surface area contributed by atoms with Crippen LogP contribution in [0.15, 0.2) is 18.2 Å². The molecule has 6 heteroatoms. The van der Waals surface area contributed by atoms with E-state index in [1.807, 2.05) is 4.90 Å². The largest absolute Gasteiger partial charge is 0.493 e. The van der Waals surface area contributed by atoms with Gasteiger partial charge in [0.05, 0.1) is 12.2 Å². The van der Waals surface area contributed by atoms with Gasteiger partial charge in [-0.3, -0.25) is 0 Å². The van der Waals surface area contributed by atoms with Crippen LogP contribution in [0.1, 0.15) is 24.5 Å². The van der Waals surface area contributed by atoms with E-state index in [-0.39, 0.29) is 12.4 Å². The summed E-state index contributed by atoms with van der Waals surface area (Å²) in [5.74, 6) is -0.148. The molecule has 1 fully saturated rings. The maximum atomic E-state index is 13.0. The number of rotatable bonds is 3. The molecule has 1 aliphatic rings. The number of alkyl halides is 3. The highest BCUT2D eigenvalue weighted by Gasteiger charge is 2.35. The number of benzene rings is 1. The topological polar surface area (TPSA) is 12.5 Å². The van der Waals surface area contributed by atoms with E-state index in [0.717, 1.165) is 25.6 Å². The summed E-state index contributed by atoms with van der Waals surface area (Å²) in [5, 5.41) is 0. The number of hydrogen-bond donors (Lipinski definition) is 0. The van der Waals surface area contributed by atoms with Crippen molar-refractivity contribution in [1.82, 2.24) is 4.90 Å². The Morgan fingerprint density at radius 1 is 1.37 bits per heavy atom. The fraction of sp³-hybridized carbons (Fsp3) is 0.462. The molecule has 0 atom stereocenters. The van der Waals surface area contributed by atoms with Crippen LogP contribution in [0, 0.1) is 0 Å². The minimum absolute atomic E-state index is 0.148. The first-order valence-corrected chi connectivity index (χ1v) is 6.47. The lowest BCUT2D eigenvalue weighted by Crippen LogP contribution is -2.41. The molecule has 0 bridgehead atoms. The van der Waals surface area contributed by atoms with Crippen molar-refractivity contribution in [3.8, 4) is 5.75 Å². The van der Waals surface area contributed by atoms with Gasteiger partial charge in [-0.15, -0.1) is 0 Å². The van der Waals surface area contributed by atoms with E-state index in [0.29, 0.717) is 10.6 Å². The smallest absolute Gasteiger partial charge is 0.419 e. The average molecular weight is 289 g/mol. The van der Waals surface area contributed by atoms with Crippen molar-refractivity contribution in [3.63, 3.8) is 0 Å². The van der Waals surface area contributed by atoms with Gasteiger partial charge in [0.2, 0.25) is 0 Å². The SMILES string of the molecule is CCOc1ccc(C(=S)N2CCC2)cc1C(F)(F)F. The molecule has 1 saturated heterocycles. The van der Waals surface area contributed by atoms with E-state index in [1.165, 1.54) is 6.07 Å². The number of ether oxygens (including phenoxy) is 1. The van der Waals surface area contributed by atoms with Crippen LogP contribution in [0.5, 0.6) is 5.75 Å². The van der Waals surface area contributed by atoms with Gasteiger partial charge in [-0.25, -0.2) is 0 Å². The van der Waals surface area contributed by atoms with E-state index in [1.54, 1.807) is 13.0 Å². The van der Waals surface area contributed by atoms with Crippen molar-refractivity contribution in [2.45, 2.75) is 19.5 Å². The first kappa shape index (κ1) is 14.1. The van der Waals surface area contributed by atoms with Crippen LogP contribution in [-0.4, -0.2) is 29.6 Å². The minimum atomic E-state index is -4.44. The second-order valence-corrected chi connectivity index (χ2v) is 4.67. The van der Waals surface area contributed by atoms with E-state index < -0.39 is 11.7 Å². The third kappa shape index (κ3) is 3.00. The molecule has 0 radical (unpaired) electrons. The van der Waals surface area contributed by atoms with Gasteiger partial charge in [-0.2, -0.15) is 13.2 Å². The summed E-state index contributed by atoms with van der Waals surface area (Å²) in [6, 6.07) is 4.00. The number of hydrogen-bond acceptors (Lipinski definition) is 2. The molecule has 2 nitrogen and oxygen atoms in total. The summed E-state index contributed by atoms with van der Waals surface area (Å²) in [6.07, 6.45) is -3.41. The van der Waals surface area contributed by atoms with Gasteiger partial charge >= 0.3 is 6.18 Å². The lowest BCUT2D eigenvalue weighted by atomic mass is 10.1. The predicted octanol–water partition coefficient (Wildman–Crippen LogP) is 3.49. The highest BCUT2D eigenvalue weighted by atomic mass is 32.1. The molecule has 104 valence electrons. The predicted molar refractivity (Wildman–Crippen MR) is 70.5 cm³/mol. The average Bonchev–Trinajstić information content (AvgIpc) is 2.26. The van der Waals surface area contributed by atoms with Gasteiger partial charge < -0.3 is 9.64 Å². The van der Waals surface area contributed by atoms with Crippen molar-refractivity contribution in [2.75, 3.05) is 19.7 Å². The molecule has 0 spiro atoms. The summed E-state index contributed by atoms with van der Waals surface area (Å²) in [5.41, 5.74) is -0.347. The maximum Gasteiger partial charge on any atom is 0.419 e. The van der Waals surface area contributed by atoms with Crippen molar-refractivity contribution in [3.05, 3.63) is 29.3 Å². The monoisotopic (exact) mass is 289 g/mol. The highest BCUT2D eigenvalue weighted by Crippen LogP contribution is 2.37. The fourth-order valence-electron chi connectivity index (χ4n) is 1.87. The number of halogens is 3. The molecule has 0 saturated carbocycles. The molecule has 0 aromatic heterocycles. The molecular weight excluding hydrogens is 275 g/mol. The Morgan fingerprint density at radius 3 is 2.53 bits per heavy atom. The quantitative estimate of drug-likeness (QED) is 0.790. The van der Waals surface area contributed by atoms with Crippen molar-refractivity contribution >= 4 is 17.2 Å². The Labute approximate surface area is 115 Å². The number of likely N-dealkylation sites (tertiary alicyclic amines) is 1. The van der Waals surface area contributed by atoms with Crippen molar-refractivity contribution < 1.29 is 17.9 Å². The minimum Gasteiger partial charge on any atom is -0.493 e. The molecule has 0 amide bonds. The van der Waals surface area contributed by atoms with Gasteiger partial charge in [-0.05, 0) is 31.5 Å². The molecule has 0 N–H and O–H groups in total. The second-order valence-electron chi connectivity index (χ2n) is 4.29. The number of nitrogens with zero attached hydrogens (tertiary/aromatic N) is 1. The van der Waals surface area contributed by atoms with Gasteiger partial charge in [0.1, 0.15) is 10.7 Å². The molecule has 0 aliphatic carbocycles. The molecular formula is C13H14F3NOS. The van der Waals surface area contributed by atoms with Gasteiger partial charge in [0.15, 0.2) is 0 Å². The molecule has 1 aromatic carbocycles. The first-order valence-electron chi connectivity index (χ1n) is 6.07. The summed E-state index contributed by atoms with van der Waals surface area (Å²) in [7, 11) is 0. The Bertz CT molecular complexity index is 483. The van der Waals surface area contributed by atoms with Crippen molar-refractivity contribution in [2.24, 2.45) is 0 Å². The van der Waals surface area contributed by atoms with Gasteiger partial charge in [-0.1, -0.05) is 12.2 Å². The zero-order chi connectivity index (χ0) is 14.0. The van der Waals surface area contributed by atoms with Gasteiger partial charge in [0.25, 0.3) is 0 Å². The maximum absolute atomic E-state index is 13.0.